The number of nitrogens with one attached hydrogen (secondary N) is 1. The van der Waals surface area contributed by atoms with Gasteiger partial charge in [0.25, 0.3) is 0 Å². The molecule has 5 nitrogen and oxygen atoms in total. The molecule has 25 heavy (non-hydrogen) atoms. The molecule has 0 radical (unpaired) electrons. The Bertz CT molecular complexity index is 758. The predicted molar refractivity (Wildman–Crippen MR) is 100 cm³/mol. The molecule has 3 N–H and O–H groups in total. The minimum atomic E-state index is 0.123. The van der Waals surface area contributed by atoms with Gasteiger partial charge in [0, 0.05) is 17.5 Å². The summed E-state index contributed by atoms with van der Waals surface area (Å²) in [4.78, 5) is 4.50. The zero-order valence-electron chi connectivity index (χ0n) is 14.8. The summed E-state index contributed by atoms with van der Waals surface area (Å²) in [5, 5.41) is 3.32. The second-order valence-corrected chi connectivity index (χ2v) is 6.12. The molecular weight excluding hydrogens is 314 g/mol. The summed E-state index contributed by atoms with van der Waals surface area (Å²) in [5.74, 6) is 2.22. The third-order valence-electron chi connectivity index (χ3n) is 4.22. The van der Waals surface area contributed by atoms with Crippen LogP contribution >= 0.6 is 0 Å². The van der Waals surface area contributed by atoms with Crippen LogP contribution in [0.5, 0.6) is 11.5 Å². The van der Waals surface area contributed by atoms with Gasteiger partial charge in [0.05, 0.1) is 25.8 Å². The number of hydrogen-bond acceptors (Lipinski definition) is 3. The van der Waals surface area contributed by atoms with Crippen LogP contribution in [0.4, 0.5) is 0 Å². The second-order valence-electron chi connectivity index (χ2n) is 6.12. The Hall–Kier alpha value is -2.69. The van der Waals surface area contributed by atoms with E-state index >= 15 is 0 Å². The molecule has 0 bridgehead atoms. The summed E-state index contributed by atoms with van der Waals surface area (Å²) >= 11 is 0. The largest absolute Gasteiger partial charge is 0.494 e. The first-order chi connectivity index (χ1) is 12.2. The van der Waals surface area contributed by atoms with Crippen LogP contribution < -0.4 is 20.5 Å². The van der Waals surface area contributed by atoms with Gasteiger partial charge in [0.1, 0.15) is 11.5 Å². The molecule has 0 aliphatic carbocycles. The highest BCUT2D eigenvalue weighted by molar-refractivity contribution is 5.78. The number of nitrogens with zero attached hydrogens (tertiary/aromatic N) is 1. The molecule has 0 amide bonds. The molecule has 1 aliphatic rings. The van der Waals surface area contributed by atoms with Crippen molar-refractivity contribution in [3.8, 4) is 11.5 Å². The van der Waals surface area contributed by atoms with Crippen LogP contribution in [0.2, 0.25) is 0 Å². The van der Waals surface area contributed by atoms with Gasteiger partial charge in [-0.2, -0.15) is 0 Å². The van der Waals surface area contributed by atoms with Gasteiger partial charge in [0.2, 0.25) is 0 Å². The summed E-state index contributed by atoms with van der Waals surface area (Å²) in [6.07, 6.45) is 0.863. The average molecular weight is 339 g/mol. The first-order valence-electron chi connectivity index (χ1n) is 8.68. The van der Waals surface area contributed by atoms with Crippen LogP contribution in [0.15, 0.2) is 47.5 Å². The Morgan fingerprint density at radius 1 is 1.32 bits per heavy atom. The lowest BCUT2D eigenvalue weighted by Gasteiger charge is -2.27. The molecule has 132 valence electrons. The number of guanidine groups is 1. The minimum absolute atomic E-state index is 0.123. The van der Waals surface area contributed by atoms with Gasteiger partial charge in [-0.3, -0.25) is 0 Å². The van der Waals surface area contributed by atoms with Crippen LogP contribution in [0.3, 0.4) is 0 Å². The standard InChI is InChI=1S/C20H25N3O2/c1-3-24-19-12-14(2)8-9-15(19)13-22-20(21)23-17-10-11-25-18-7-5-4-6-16(17)18/h4-9,12,17H,3,10-11,13H2,1-2H3,(H3,21,22,23). The average Bonchev–Trinajstić information content (AvgIpc) is 2.62. The molecule has 0 saturated heterocycles. The molecule has 0 aromatic heterocycles. The van der Waals surface area contributed by atoms with Crippen molar-refractivity contribution in [3.05, 3.63) is 59.2 Å². The fourth-order valence-electron chi connectivity index (χ4n) is 2.97. The lowest BCUT2D eigenvalue weighted by Crippen LogP contribution is -2.37. The Labute approximate surface area is 148 Å². The molecule has 3 rings (SSSR count). The summed E-state index contributed by atoms with van der Waals surface area (Å²) < 4.78 is 11.4. The molecular formula is C20H25N3O2. The van der Waals surface area contributed by atoms with Crippen molar-refractivity contribution in [3.63, 3.8) is 0 Å². The van der Waals surface area contributed by atoms with E-state index in [9.17, 15) is 0 Å². The SMILES string of the molecule is CCOc1cc(C)ccc1CN=C(N)NC1CCOc2ccccc21. The number of nitrogens with two attached hydrogens (primary N) is 1. The van der Waals surface area contributed by atoms with Gasteiger partial charge in [-0.25, -0.2) is 4.99 Å². The van der Waals surface area contributed by atoms with E-state index < -0.39 is 0 Å². The molecule has 0 spiro atoms. The van der Waals surface area contributed by atoms with Gasteiger partial charge in [0.15, 0.2) is 5.96 Å². The number of ether oxygens (including phenoxy) is 2. The number of benzene rings is 2. The first-order valence-corrected chi connectivity index (χ1v) is 8.68. The van der Waals surface area contributed by atoms with Crippen LogP contribution in [-0.4, -0.2) is 19.2 Å². The molecule has 1 heterocycles. The Balaban J connectivity index is 1.69. The van der Waals surface area contributed by atoms with Crippen molar-refractivity contribution in [2.75, 3.05) is 13.2 Å². The van der Waals surface area contributed by atoms with E-state index in [0.717, 1.165) is 29.0 Å². The van der Waals surface area contributed by atoms with Crippen molar-refractivity contribution < 1.29 is 9.47 Å². The topological polar surface area (TPSA) is 68.9 Å². The molecule has 1 atom stereocenters. The highest BCUT2D eigenvalue weighted by Gasteiger charge is 2.21. The summed E-state index contributed by atoms with van der Waals surface area (Å²) in [6.45, 7) is 5.82. The van der Waals surface area contributed by atoms with E-state index in [1.807, 2.05) is 44.2 Å². The van der Waals surface area contributed by atoms with Gasteiger partial charge in [-0.15, -0.1) is 0 Å². The Morgan fingerprint density at radius 2 is 2.16 bits per heavy atom. The molecule has 1 aliphatic heterocycles. The van der Waals surface area contributed by atoms with Crippen molar-refractivity contribution >= 4 is 5.96 Å². The van der Waals surface area contributed by atoms with Crippen molar-refractivity contribution in [1.29, 1.82) is 0 Å². The molecule has 0 fully saturated rings. The maximum absolute atomic E-state index is 6.12. The van der Waals surface area contributed by atoms with E-state index in [4.69, 9.17) is 15.2 Å². The second kappa shape index (κ2) is 7.92. The summed E-state index contributed by atoms with van der Waals surface area (Å²) in [6, 6.07) is 14.3. The zero-order valence-corrected chi connectivity index (χ0v) is 14.8. The third-order valence-corrected chi connectivity index (χ3v) is 4.22. The fraction of sp³-hybridized carbons (Fsp3) is 0.350. The maximum atomic E-state index is 6.12. The minimum Gasteiger partial charge on any atom is -0.494 e. The zero-order chi connectivity index (χ0) is 17.6. The van der Waals surface area contributed by atoms with Gasteiger partial charge < -0.3 is 20.5 Å². The van der Waals surface area contributed by atoms with Crippen LogP contribution in [0.1, 0.15) is 36.1 Å². The van der Waals surface area contributed by atoms with E-state index in [1.54, 1.807) is 0 Å². The van der Waals surface area contributed by atoms with Crippen molar-refractivity contribution in [2.24, 2.45) is 10.7 Å². The lowest BCUT2D eigenvalue weighted by molar-refractivity contribution is 0.262. The number of rotatable bonds is 5. The normalized spacial score (nSPS) is 16.7. The van der Waals surface area contributed by atoms with Crippen LogP contribution in [-0.2, 0) is 6.54 Å². The molecule has 2 aromatic carbocycles. The third kappa shape index (κ3) is 4.24. The summed E-state index contributed by atoms with van der Waals surface area (Å²) in [5.41, 5.74) is 9.44. The van der Waals surface area contributed by atoms with Crippen LogP contribution in [0.25, 0.3) is 0 Å². The predicted octanol–water partition coefficient (Wildman–Crippen LogP) is 3.32. The molecule has 2 aromatic rings. The number of aliphatic imine (C=N–C) groups is 1. The molecule has 5 heteroatoms. The highest BCUT2D eigenvalue weighted by Crippen LogP contribution is 2.31. The quantitative estimate of drug-likeness (QED) is 0.648. The smallest absolute Gasteiger partial charge is 0.189 e. The fourth-order valence-corrected chi connectivity index (χ4v) is 2.97. The van der Waals surface area contributed by atoms with Gasteiger partial charge in [-0.05, 0) is 31.5 Å². The van der Waals surface area contributed by atoms with Gasteiger partial charge >= 0.3 is 0 Å². The van der Waals surface area contributed by atoms with E-state index in [0.29, 0.717) is 25.7 Å². The van der Waals surface area contributed by atoms with E-state index in [2.05, 4.69) is 22.4 Å². The van der Waals surface area contributed by atoms with Crippen molar-refractivity contribution in [2.45, 2.75) is 32.9 Å². The maximum Gasteiger partial charge on any atom is 0.189 e. The molecule has 1 unspecified atom stereocenters. The highest BCUT2D eigenvalue weighted by atomic mass is 16.5. The van der Waals surface area contributed by atoms with Gasteiger partial charge in [-0.1, -0.05) is 30.3 Å². The monoisotopic (exact) mass is 339 g/mol. The van der Waals surface area contributed by atoms with E-state index in [-0.39, 0.29) is 6.04 Å². The lowest BCUT2D eigenvalue weighted by atomic mass is 10.0. The number of para-hydroxylation sites is 1. The Kier molecular flexibility index (Phi) is 5.43. The van der Waals surface area contributed by atoms with Crippen molar-refractivity contribution in [1.82, 2.24) is 5.32 Å². The Morgan fingerprint density at radius 3 is 3.00 bits per heavy atom. The summed E-state index contributed by atoms with van der Waals surface area (Å²) in [7, 11) is 0. The first kappa shape index (κ1) is 17.1. The van der Waals surface area contributed by atoms with E-state index in [1.165, 1.54) is 5.56 Å². The molecule has 0 saturated carbocycles. The number of aryl methyl sites for hydroxylation is 1. The number of hydrogen-bond donors (Lipinski definition) is 2. The number of fused-ring (bicyclic) bond motifs is 1. The van der Waals surface area contributed by atoms with Crippen LogP contribution in [0, 0.1) is 6.92 Å².